The average Bonchev–Trinajstić information content (AvgIpc) is 2.55. The third-order valence-electron chi connectivity index (χ3n) is 3.94. The van der Waals surface area contributed by atoms with Gasteiger partial charge in [-0.25, -0.2) is 4.98 Å². The summed E-state index contributed by atoms with van der Waals surface area (Å²) in [5.41, 5.74) is 0.137. The molecule has 24 heavy (non-hydrogen) atoms. The van der Waals surface area contributed by atoms with Gasteiger partial charge in [0.05, 0.1) is 10.6 Å². The van der Waals surface area contributed by atoms with Crippen molar-refractivity contribution in [3.8, 4) is 5.75 Å². The molecular weight excluding hydrogens is 343 g/mol. The molecule has 2 heterocycles. The number of anilines is 2. The normalized spacial score (nSPS) is 15.7. The van der Waals surface area contributed by atoms with Gasteiger partial charge in [-0.2, -0.15) is 13.2 Å². The number of phenolic OH excluding ortho intramolecular Hbond substituents is 1. The van der Waals surface area contributed by atoms with Gasteiger partial charge < -0.3 is 14.9 Å². The third kappa shape index (κ3) is 3.51. The first kappa shape index (κ1) is 16.7. The van der Waals surface area contributed by atoms with Gasteiger partial charge in [-0.15, -0.1) is 0 Å². The molecule has 128 valence electrons. The van der Waals surface area contributed by atoms with E-state index in [4.69, 9.17) is 11.6 Å². The van der Waals surface area contributed by atoms with Crippen molar-refractivity contribution in [1.82, 2.24) is 4.98 Å². The van der Waals surface area contributed by atoms with Crippen molar-refractivity contribution in [3.63, 3.8) is 0 Å². The van der Waals surface area contributed by atoms with E-state index in [1.165, 1.54) is 0 Å². The van der Waals surface area contributed by atoms with Crippen LogP contribution in [0, 0.1) is 0 Å². The lowest BCUT2D eigenvalue weighted by Crippen LogP contribution is -2.47. The molecule has 1 aliphatic rings. The van der Waals surface area contributed by atoms with Gasteiger partial charge in [-0.3, -0.25) is 0 Å². The maximum atomic E-state index is 12.7. The molecule has 0 atom stereocenters. The molecule has 1 fully saturated rings. The summed E-state index contributed by atoms with van der Waals surface area (Å²) in [4.78, 5) is 7.91. The molecule has 1 saturated heterocycles. The quantitative estimate of drug-likeness (QED) is 0.887. The number of halogens is 4. The molecule has 0 bridgehead atoms. The maximum absolute atomic E-state index is 12.7. The summed E-state index contributed by atoms with van der Waals surface area (Å²) < 4.78 is 38.0. The van der Waals surface area contributed by atoms with Crippen LogP contribution in [0.5, 0.6) is 5.75 Å². The second-order valence-corrected chi connectivity index (χ2v) is 5.92. The van der Waals surface area contributed by atoms with E-state index in [0.29, 0.717) is 32.0 Å². The molecule has 3 rings (SSSR count). The zero-order chi connectivity index (χ0) is 17.3. The van der Waals surface area contributed by atoms with Gasteiger partial charge in [0, 0.05) is 38.1 Å². The standard InChI is InChI=1S/C16H15ClF3N3O/c17-14-9-11(16(18,19)20)10-21-15(14)23-7-5-22(6-8-23)12-1-3-13(24)4-2-12/h1-4,9-10,24H,5-8H2. The largest absolute Gasteiger partial charge is 0.508 e. The number of pyridine rings is 1. The van der Waals surface area contributed by atoms with Crippen LogP contribution in [0.2, 0.25) is 5.02 Å². The number of rotatable bonds is 2. The Morgan fingerprint density at radius 3 is 2.12 bits per heavy atom. The van der Waals surface area contributed by atoms with Crippen molar-refractivity contribution in [2.75, 3.05) is 36.0 Å². The molecule has 2 aromatic rings. The summed E-state index contributed by atoms with van der Waals surface area (Å²) >= 11 is 5.99. The molecule has 8 heteroatoms. The van der Waals surface area contributed by atoms with Crippen LogP contribution in [0.25, 0.3) is 0 Å². The van der Waals surface area contributed by atoms with E-state index in [9.17, 15) is 18.3 Å². The minimum atomic E-state index is -4.45. The third-order valence-corrected chi connectivity index (χ3v) is 4.22. The maximum Gasteiger partial charge on any atom is 0.417 e. The smallest absolute Gasteiger partial charge is 0.417 e. The Hall–Kier alpha value is -2.15. The van der Waals surface area contributed by atoms with Crippen LogP contribution in [-0.2, 0) is 6.18 Å². The Balaban J connectivity index is 1.69. The lowest BCUT2D eigenvalue weighted by Gasteiger charge is -2.37. The summed E-state index contributed by atoms with van der Waals surface area (Å²) in [6, 6.07) is 7.81. The number of hydrogen-bond acceptors (Lipinski definition) is 4. The van der Waals surface area contributed by atoms with Gasteiger partial charge in [0.1, 0.15) is 11.6 Å². The van der Waals surface area contributed by atoms with E-state index in [2.05, 4.69) is 9.88 Å². The minimum Gasteiger partial charge on any atom is -0.508 e. The first-order valence-electron chi connectivity index (χ1n) is 7.36. The number of aromatic nitrogens is 1. The molecule has 1 aromatic heterocycles. The number of hydrogen-bond donors (Lipinski definition) is 1. The fourth-order valence-electron chi connectivity index (χ4n) is 2.66. The molecule has 0 spiro atoms. The number of aromatic hydroxyl groups is 1. The molecule has 0 aliphatic carbocycles. The highest BCUT2D eigenvalue weighted by molar-refractivity contribution is 6.33. The van der Waals surface area contributed by atoms with E-state index in [0.717, 1.165) is 18.0 Å². The average molecular weight is 358 g/mol. The molecule has 0 unspecified atom stereocenters. The van der Waals surface area contributed by atoms with Crippen molar-refractivity contribution in [2.24, 2.45) is 0 Å². The van der Waals surface area contributed by atoms with Crippen molar-refractivity contribution in [2.45, 2.75) is 6.18 Å². The van der Waals surface area contributed by atoms with E-state index >= 15 is 0 Å². The molecular formula is C16H15ClF3N3O. The van der Waals surface area contributed by atoms with Gasteiger partial charge in [-0.1, -0.05) is 11.6 Å². The molecule has 1 N–H and O–H groups in total. The Morgan fingerprint density at radius 1 is 1.00 bits per heavy atom. The highest BCUT2D eigenvalue weighted by Crippen LogP contribution is 2.34. The molecule has 0 radical (unpaired) electrons. The zero-order valence-corrected chi connectivity index (χ0v) is 13.3. The van der Waals surface area contributed by atoms with Crippen LogP contribution < -0.4 is 9.80 Å². The van der Waals surface area contributed by atoms with Crippen LogP contribution in [-0.4, -0.2) is 36.3 Å². The summed E-state index contributed by atoms with van der Waals surface area (Å²) in [5, 5.41) is 9.33. The van der Waals surface area contributed by atoms with E-state index < -0.39 is 11.7 Å². The summed E-state index contributed by atoms with van der Waals surface area (Å²) in [5.74, 6) is 0.577. The van der Waals surface area contributed by atoms with E-state index in [1.54, 1.807) is 12.1 Å². The molecule has 4 nitrogen and oxygen atoms in total. The summed E-state index contributed by atoms with van der Waals surface area (Å²) in [6.07, 6.45) is -3.64. The topological polar surface area (TPSA) is 39.6 Å². The van der Waals surface area contributed by atoms with Crippen LogP contribution in [0.1, 0.15) is 5.56 Å². The van der Waals surface area contributed by atoms with Gasteiger partial charge >= 0.3 is 6.18 Å². The van der Waals surface area contributed by atoms with Crippen LogP contribution >= 0.6 is 11.6 Å². The predicted octanol–water partition coefficient (Wildman–Crippen LogP) is 3.79. The lowest BCUT2D eigenvalue weighted by atomic mass is 10.2. The summed E-state index contributed by atoms with van der Waals surface area (Å²) in [6.45, 7) is 2.56. The van der Waals surface area contributed by atoms with Crippen LogP contribution in [0.4, 0.5) is 24.7 Å². The van der Waals surface area contributed by atoms with Crippen molar-refractivity contribution >= 4 is 23.1 Å². The number of alkyl halides is 3. The first-order valence-corrected chi connectivity index (χ1v) is 7.74. The second kappa shape index (κ2) is 6.39. The fourth-order valence-corrected chi connectivity index (χ4v) is 2.94. The summed E-state index contributed by atoms with van der Waals surface area (Å²) in [7, 11) is 0. The highest BCUT2D eigenvalue weighted by Gasteiger charge is 2.32. The van der Waals surface area contributed by atoms with Crippen LogP contribution in [0.15, 0.2) is 36.5 Å². The van der Waals surface area contributed by atoms with Crippen LogP contribution in [0.3, 0.4) is 0 Å². The van der Waals surface area contributed by atoms with Gasteiger partial charge in [-0.05, 0) is 30.3 Å². The monoisotopic (exact) mass is 357 g/mol. The van der Waals surface area contributed by atoms with Gasteiger partial charge in [0.15, 0.2) is 0 Å². The van der Waals surface area contributed by atoms with Gasteiger partial charge in [0.25, 0.3) is 0 Å². The number of nitrogens with zero attached hydrogens (tertiary/aromatic N) is 3. The SMILES string of the molecule is Oc1ccc(N2CCN(c3ncc(C(F)(F)F)cc3Cl)CC2)cc1. The van der Waals surface area contributed by atoms with Gasteiger partial charge in [0.2, 0.25) is 0 Å². The molecule has 0 saturated carbocycles. The molecule has 1 aliphatic heterocycles. The zero-order valence-electron chi connectivity index (χ0n) is 12.6. The number of benzene rings is 1. The first-order chi connectivity index (χ1) is 11.3. The minimum absolute atomic E-state index is 0.00269. The fraction of sp³-hybridized carbons (Fsp3) is 0.312. The molecule has 0 amide bonds. The Morgan fingerprint density at radius 2 is 1.58 bits per heavy atom. The van der Waals surface area contributed by atoms with Crippen molar-refractivity contribution in [3.05, 3.63) is 47.1 Å². The number of phenols is 1. The molecule has 1 aromatic carbocycles. The van der Waals surface area contributed by atoms with E-state index in [1.807, 2.05) is 17.0 Å². The van der Waals surface area contributed by atoms with E-state index in [-0.39, 0.29) is 10.8 Å². The Bertz CT molecular complexity index is 713. The Kier molecular flexibility index (Phi) is 4.45. The van der Waals surface area contributed by atoms with Crippen molar-refractivity contribution < 1.29 is 18.3 Å². The Labute approximate surface area is 142 Å². The predicted molar refractivity (Wildman–Crippen MR) is 86.8 cm³/mol. The lowest BCUT2D eigenvalue weighted by molar-refractivity contribution is -0.137. The van der Waals surface area contributed by atoms with Crippen molar-refractivity contribution in [1.29, 1.82) is 0 Å². The highest BCUT2D eigenvalue weighted by atomic mass is 35.5. The number of piperazine rings is 1. The second-order valence-electron chi connectivity index (χ2n) is 5.52.